The number of carbonyl (C=O) groups is 1. The van der Waals surface area contributed by atoms with Gasteiger partial charge < -0.3 is 10.6 Å². The fourth-order valence-corrected chi connectivity index (χ4v) is 3.74. The third-order valence-electron chi connectivity index (χ3n) is 4.12. The predicted octanol–water partition coefficient (Wildman–Crippen LogP) is 4.28. The van der Waals surface area contributed by atoms with E-state index in [1.165, 1.54) is 5.56 Å². The van der Waals surface area contributed by atoms with Crippen LogP contribution in [-0.2, 0) is 16.4 Å². The van der Waals surface area contributed by atoms with Crippen LogP contribution in [0.4, 0.5) is 16.2 Å². The van der Waals surface area contributed by atoms with Gasteiger partial charge in [-0.05, 0) is 55.2 Å². The van der Waals surface area contributed by atoms with Crippen molar-refractivity contribution in [1.82, 2.24) is 5.32 Å². The molecule has 0 heterocycles. The summed E-state index contributed by atoms with van der Waals surface area (Å²) in [6, 6.07) is 14.3. The Kier molecular flexibility index (Phi) is 7.24. The Morgan fingerprint density at radius 3 is 2.11 bits per heavy atom. The highest BCUT2D eigenvalue weighted by molar-refractivity contribution is 7.92. The highest BCUT2D eigenvalue weighted by atomic mass is 32.2. The van der Waals surface area contributed by atoms with Gasteiger partial charge in [0.1, 0.15) is 0 Å². The van der Waals surface area contributed by atoms with Gasteiger partial charge in [-0.1, -0.05) is 38.1 Å². The normalized spacial score (nSPS) is 12.3. The predicted molar refractivity (Wildman–Crippen MR) is 111 cm³/mol. The summed E-state index contributed by atoms with van der Waals surface area (Å²) in [5.41, 5.74) is 3.34. The van der Waals surface area contributed by atoms with E-state index < -0.39 is 10.0 Å². The Bertz CT molecular complexity index is 847. The molecule has 0 saturated heterocycles. The Morgan fingerprint density at radius 1 is 0.963 bits per heavy atom. The number of amides is 2. The lowest BCUT2D eigenvalue weighted by Crippen LogP contribution is -2.31. The lowest BCUT2D eigenvalue weighted by atomic mass is 10.1. The SMILES string of the molecule is CCCS(=O)(=O)Nc1ccc(NC(=O)NC(C)c2ccc(CC)cc2)cc1. The van der Waals surface area contributed by atoms with Gasteiger partial charge >= 0.3 is 6.03 Å². The quantitative estimate of drug-likeness (QED) is 0.629. The summed E-state index contributed by atoms with van der Waals surface area (Å²) in [6.45, 7) is 5.83. The van der Waals surface area contributed by atoms with Crippen molar-refractivity contribution in [3.05, 3.63) is 59.7 Å². The smallest absolute Gasteiger partial charge is 0.319 e. The molecule has 0 radical (unpaired) electrons. The molecule has 2 rings (SSSR count). The van der Waals surface area contributed by atoms with E-state index in [0.717, 1.165) is 12.0 Å². The largest absolute Gasteiger partial charge is 0.331 e. The Labute approximate surface area is 161 Å². The molecule has 2 amide bonds. The van der Waals surface area contributed by atoms with Crippen molar-refractivity contribution in [3.63, 3.8) is 0 Å². The molecule has 7 heteroatoms. The first-order chi connectivity index (χ1) is 12.8. The average molecular weight is 390 g/mol. The molecule has 0 saturated carbocycles. The van der Waals surface area contributed by atoms with Gasteiger partial charge in [0.2, 0.25) is 10.0 Å². The van der Waals surface area contributed by atoms with Gasteiger partial charge in [-0.15, -0.1) is 0 Å². The second kappa shape index (κ2) is 9.41. The summed E-state index contributed by atoms with van der Waals surface area (Å²) in [5.74, 6) is 0.0759. The molecule has 2 aromatic rings. The van der Waals surface area contributed by atoms with Gasteiger partial charge in [-0.2, -0.15) is 0 Å². The van der Waals surface area contributed by atoms with E-state index >= 15 is 0 Å². The van der Waals surface area contributed by atoms with Gasteiger partial charge in [0.15, 0.2) is 0 Å². The maximum Gasteiger partial charge on any atom is 0.319 e. The minimum absolute atomic E-state index is 0.0759. The first-order valence-electron chi connectivity index (χ1n) is 9.10. The number of sulfonamides is 1. The molecule has 1 unspecified atom stereocenters. The summed E-state index contributed by atoms with van der Waals surface area (Å²) in [6.07, 6.45) is 1.53. The lowest BCUT2D eigenvalue weighted by molar-refractivity contribution is 0.249. The number of anilines is 2. The first kappa shape index (κ1) is 20.8. The van der Waals surface area contributed by atoms with E-state index in [-0.39, 0.29) is 17.8 Å². The molecule has 27 heavy (non-hydrogen) atoms. The average Bonchev–Trinajstić information content (AvgIpc) is 2.63. The molecule has 3 N–H and O–H groups in total. The minimum Gasteiger partial charge on any atom is -0.331 e. The molecule has 0 spiro atoms. The minimum atomic E-state index is -3.32. The number of rotatable bonds is 8. The number of aryl methyl sites for hydroxylation is 1. The summed E-state index contributed by atoms with van der Waals surface area (Å²) >= 11 is 0. The van der Waals surface area contributed by atoms with Crippen molar-refractivity contribution in [3.8, 4) is 0 Å². The standard InChI is InChI=1S/C20H27N3O3S/c1-4-14-27(25,26)23-19-12-10-18(11-13-19)22-20(24)21-15(3)17-8-6-16(5-2)7-9-17/h6-13,15,23H,4-5,14H2,1-3H3,(H2,21,22,24). The molecule has 6 nitrogen and oxygen atoms in total. The van der Waals surface area contributed by atoms with Gasteiger partial charge in [-0.25, -0.2) is 13.2 Å². The molecule has 0 fully saturated rings. The summed E-state index contributed by atoms with van der Waals surface area (Å²) in [5, 5.41) is 5.64. The van der Waals surface area contributed by atoms with Crippen LogP contribution in [0.1, 0.15) is 44.4 Å². The van der Waals surface area contributed by atoms with Crippen LogP contribution >= 0.6 is 0 Å². The van der Waals surface area contributed by atoms with Crippen LogP contribution in [0.5, 0.6) is 0 Å². The van der Waals surface area contributed by atoms with Crippen LogP contribution < -0.4 is 15.4 Å². The summed E-state index contributed by atoms with van der Waals surface area (Å²) in [7, 11) is -3.32. The third-order valence-corrected chi connectivity index (χ3v) is 5.62. The third kappa shape index (κ3) is 6.60. The van der Waals surface area contributed by atoms with Crippen LogP contribution in [0, 0.1) is 0 Å². The van der Waals surface area contributed by atoms with Crippen molar-refractivity contribution in [2.24, 2.45) is 0 Å². The van der Waals surface area contributed by atoms with Gasteiger partial charge in [-0.3, -0.25) is 4.72 Å². The highest BCUT2D eigenvalue weighted by Gasteiger charge is 2.11. The maximum absolute atomic E-state index is 12.2. The Hall–Kier alpha value is -2.54. The van der Waals surface area contributed by atoms with E-state index in [0.29, 0.717) is 17.8 Å². The van der Waals surface area contributed by atoms with E-state index in [2.05, 4.69) is 34.4 Å². The molecule has 0 aliphatic heterocycles. The van der Waals surface area contributed by atoms with E-state index in [1.807, 2.05) is 26.0 Å². The zero-order valence-electron chi connectivity index (χ0n) is 16.0. The molecule has 146 valence electrons. The van der Waals surface area contributed by atoms with Gasteiger partial charge in [0, 0.05) is 11.4 Å². The molecule has 1 atom stereocenters. The number of hydrogen-bond acceptors (Lipinski definition) is 3. The fourth-order valence-electron chi connectivity index (χ4n) is 2.61. The zero-order chi connectivity index (χ0) is 19.9. The lowest BCUT2D eigenvalue weighted by Gasteiger charge is -2.16. The van der Waals surface area contributed by atoms with Gasteiger partial charge in [0.05, 0.1) is 11.8 Å². The van der Waals surface area contributed by atoms with Crippen molar-refractivity contribution < 1.29 is 13.2 Å². The van der Waals surface area contributed by atoms with Crippen molar-refractivity contribution >= 4 is 27.4 Å². The maximum atomic E-state index is 12.2. The molecule has 0 aliphatic rings. The highest BCUT2D eigenvalue weighted by Crippen LogP contribution is 2.17. The van der Waals surface area contributed by atoms with Crippen LogP contribution in [0.25, 0.3) is 0 Å². The van der Waals surface area contributed by atoms with Crippen molar-refractivity contribution in [2.45, 2.75) is 39.7 Å². The monoisotopic (exact) mass is 389 g/mol. The van der Waals surface area contributed by atoms with Crippen LogP contribution in [0.15, 0.2) is 48.5 Å². The molecule has 0 aliphatic carbocycles. The first-order valence-corrected chi connectivity index (χ1v) is 10.7. The summed E-state index contributed by atoms with van der Waals surface area (Å²) in [4.78, 5) is 12.2. The molecular weight excluding hydrogens is 362 g/mol. The second-order valence-corrected chi connectivity index (χ2v) is 8.26. The summed E-state index contributed by atoms with van der Waals surface area (Å²) < 4.78 is 26.0. The van der Waals surface area contributed by atoms with Crippen molar-refractivity contribution in [1.29, 1.82) is 0 Å². The van der Waals surface area contributed by atoms with Crippen LogP contribution in [-0.4, -0.2) is 20.2 Å². The molecule has 2 aromatic carbocycles. The topological polar surface area (TPSA) is 87.3 Å². The Morgan fingerprint density at radius 2 is 1.56 bits per heavy atom. The zero-order valence-corrected chi connectivity index (χ0v) is 16.8. The number of urea groups is 1. The number of carbonyl (C=O) groups excluding carboxylic acids is 1. The van der Waals surface area contributed by atoms with E-state index in [4.69, 9.17) is 0 Å². The van der Waals surface area contributed by atoms with Crippen LogP contribution in [0.2, 0.25) is 0 Å². The molecular formula is C20H27N3O3S. The molecule has 0 aromatic heterocycles. The number of benzene rings is 2. The molecule has 0 bridgehead atoms. The fraction of sp³-hybridized carbons (Fsp3) is 0.350. The van der Waals surface area contributed by atoms with E-state index in [1.54, 1.807) is 24.3 Å². The van der Waals surface area contributed by atoms with Crippen molar-refractivity contribution in [2.75, 3.05) is 15.8 Å². The van der Waals surface area contributed by atoms with Crippen LogP contribution in [0.3, 0.4) is 0 Å². The second-order valence-electron chi connectivity index (χ2n) is 6.41. The Balaban J connectivity index is 1.91. The van der Waals surface area contributed by atoms with Gasteiger partial charge in [0.25, 0.3) is 0 Å². The van der Waals surface area contributed by atoms with E-state index in [9.17, 15) is 13.2 Å². The number of hydrogen-bond donors (Lipinski definition) is 3. The number of nitrogens with one attached hydrogen (secondary N) is 3.